The number of rotatable bonds is 4. The highest BCUT2D eigenvalue weighted by molar-refractivity contribution is 5.49. The van der Waals surface area contributed by atoms with Gasteiger partial charge in [-0.25, -0.2) is 4.98 Å². The summed E-state index contributed by atoms with van der Waals surface area (Å²) in [5.74, 6) is 0.830. The summed E-state index contributed by atoms with van der Waals surface area (Å²) in [6.07, 6.45) is 1.63. The largest absolute Gasteiger partial charge is 0.497 e. The van der Waals surface area contributed by atoms with Gasteiger partial charge in [-0.15, -0.1) is 0 Å². The van der Waals surface area contributed by atoms with Crippen molar-refractivity contribution in [2.75, 3.05) is 19.1 Å². The molecule has 0 aliphatic carbocycles. The van der Waals surface area contributed by atoms with E-state index >= 15 is 0 Å². The summed E-state index contributed by atoms with van der Waals surface area (Å²) in [7, 11) is 3.63. The summed E-state index contributed by atoms with van der Waals surface area (Å²) in [6.45, 7) is 0.642. The molecule has 2 aromatic rings. The fourth-order valence-corrected chi connectivity index (χ4v) is 1.85. The molecule has 96 valence electrons. The summed E-state index contributed by atoms with van der Waals surface area (Å²) in [4.78, 5) is 6.13. The molecule has 1 aromatic heterocycles. The first-order valence-corrected chi connectivity index (χ1v) is 5.94. The van der Waals surface area contributed by atoms with E-state index in [1.807, 2.05) is 43.4 Å². The normalized spacial score (nSPS) is 9.74. The van der Waals surface area contributed by atoms with E-state index in [-0.39, 0.29) is 0 Å². The van der Waals surface area contributed by atoms with E-state index in [0.29, 0.717) is 12.2 Å². The van der Waals surface area contributed by atoms with Crippen molar-refractivity contribution < 1.29 is 4.74 Å². The Morgan fingerprint density at radius 2 is 2.00 bits per heavy atom. The number of hydrogen-bond donors (Lipinski definition) is 0. The van der Waals surface area contributed by atoms with Crippen molar-refractivity contribution in [3.05, 3.63) is 53.9 Å². The fourth-order valence-electron chi connectivity index (χ4n) is 1.85. The van der Waals surface area contributed by atoms with Crippen LogP contribution in [-0.4, -0.2) is 19.1 Å². The van der Waals surface area contributed by atoms with Gasteiger partial charge in [-0.05, 0) is 30.3 Å². The molecule has 0 aliphatic heterocycles. The number of pyridine rings is 1. The Morgan fingerprint density at radius 3 is 2.63 bits per heavy atom. The molecule has 0 amide bonds. The number of hydrogen-bond acceptors (Lipinski definition) is 4. The summed E-state index contributed by atoms with van der Waals surface area (Å²) in [5, 5.41) is 9.02. The fraction of sp³-hybridized carbons (Fsp3) is 0.200. The average Bonchev–Trinajstić information content (AvgIpc) is 2.48. The summed E-state index contributed by atoms with van der Waals surface area (Å²) in [5.41, 5.74) is 2.46. The number of aromatic nitrogens is 1. The van der Waals surface area contributed by atoms with Crippen LogP contribution in [0.2, 0.25) is 0 Å². The predicted octanol–water partition coefficient (Wildman–Crippen LogP) is 2.60. The lowest BCUT2D eigenvalue weighted by Gasteiger charge is -2.19. The summed E-state index contributed by atoms with van der Waals surface area (Å²) < 4.78 is 5.13. The molecule has 0 aliphatic rings. The number of nitriles is 1. The van der Waals surface area contributed by atoms with Crippen LogP contribution >= 0.6 is 0 Å². The van der Waals surface area contributed by atoms with Gasteiger partial charge in [0.05, 0.1) is 7.11 Å². The molecular formula is C15H15N3O. The smallest absolute Gasteiger partial charge is 0.145 e. The molecule has 4 nitrogen and oxygen atoms in total. The van der Waals surface area contributed by atoms with Crippen molar-refractivity contribution in [2.24, 2.45) is 0 Å². The Hall–Kier alpha value is -2.54. The number of methoxy groups -OCH3 is 1. The molecule has 0 saturated heterocycles. The highest BCUT2D eigenvalue weighted by Crippen LogP contribution is 2.20. The first-order chi connectivity index (χ1) is 9.24. The molecule has 1 aromatic carbocycles. The third-order valence-electron chi connectivity index (χ3n) is 2.92. The van der Waals surface area contributed by atoms with Gasteiger partial charge in [-0.1, -0.05) is 6.07 Å². The van der Waals surface area contributed by atoms with Gasteiger partial charge in [-0.3, -0.25) is 0 Å². The van der Waals surface area contributed by atoms with Crippen molar-refractivity contribution in [1.29, 1.82) is 5.26 Å². The Balaban J connectivity index is 2.16. The molecule has 0 unspecified atom stereocenters. The van der Waals surface area contributed by atoms with Crippen LogP contribution in [-0.2, 0) is 6.54 Å². The maximum absolute atomic E-state index is 9.02. The van der Waals surface area contributed by atoms with E-state index in [2.05, 4.69) is 16.0 Å². The minimum absolute atomic E-state index is 0.475. The molecule has 0 spiro atoms. The number of ether oxygens (including phenoxy) is 1. The van der Waals surface area contributed by atoms with E-state index in [4.69, 9.17) is 10.00 Å². The van der Waals surface area contributed by atoms with Crippen LogP contribution < -0.4 is 9.64 Å². The third-order valence-corrected chi connectivity index (χ3v) is 2.92. The minimum Gasteiger partial charge on any atom is -0.497 e. The lowest BCUT2D eigenvalue weighted by molar-refractivity contribution is 0.415. The lowest BCUT2D eigenvalue weighted by Crippen LogP contribution is -2.17. The Kier molecular flexibility index (Phi) is 3.99. The van der Waals surface area contributed by atoms with Crippen LogP contribution in [0.4, 0.5) is 5.69 Å². The van der Waals surface area contributed by atoms with Crippen LogP contribution in [0.1, 0.15) is 11.3 Å². The van der Waals surface area contributed by atoms with Crippen LogP contribution in [0, 0.1) is 11.3 Å². The second-order valence-electron chi connectivity index (χ2n) is 4.18. The first-order valence-electron chi connectivity index (χ1n) is 5.94. The topological polar surface area (TPSA) is 49.1 Å². The zero-order valence-electron chi connectivity index (χ0n) is 11.0. The molecule has 0 radical (unpaired) electrons. The molecule has 0 N–H and O–H groups in total. The number of nitrogens with zero attached hydrogens (tertiary/aromatic N) is 3. The van der Waals surface area contributed by atoms with Crippen LogP contribution in [0.15, 0.2) is 42.6 Å². The molecule has 2 rings (SSSR count). The molecule has 0 saturated carbocycles. The quantitative estimate of drug-likeness (QED) is 0.840. The standard InChI is InChI=1S/C15H15N3O/c1-18(13-5-7-14(19-2)8-6-13)11-12-4-3-9-17-15(12)10-16/h3-9H,11H2,1-2H3. The maximum Gasteiger partial charge on any atom is 0.145 e. The summed E-state index contributed by atoms with van der Waals surface area (Å²) >= 11 is 0. The van der Waals surface area contributed by atoms with Crippen molar-refractivity contribution in [3.63, 3.8) is 0 Å². The van der Waals surface area contributed by atoms with Gasteiger partial charge < -0.3 is 9.64 Å². The highest BCUT2D eigenvalue weighted by atomic mass is 16.5. The zero-order valence-corrected chi connectivity index (χ0v) is 11.0. The average molecular weight is 253 g/mol. The van der Waals surface area contributed by atoms with Gasteiger partial charge in [0.15, 0.2) is 0 Å². The second-order valence-corrected chi connectivity index (χ2v) is 4.18. The van der Waals surface area contributed by atoms with E-state index in [1.165, 1.54) is 0 Å². The Morgan fingerprint density at radius 1 is 1.26 bits per heavy atom. The predicted molar refractivity (Wildman–Crippen MR) is 74.1 cm³/mol. The van der Waals surface area contributed by atoms with Crippen LogP contribution in [0.3, 0.4) is 0 Å². The van der Waals surface area contributed by atoms with Gasteiger partial charge in [0.25, 0.3) is 0 Å². The first kappa shape index (κ1) is 12.9. The van der Waals surface area contributed by atoms with Crippen LogP contribution in [0.25, 0.3) is 0 Å². The Bertz CT molecular complexity index is 587. The number of anilines is 1. The maximum atomic E-state index is 9.02. The SMILES string of the molecule is COc1ccc(N(C)Cc2cccnc2C#N)cc1. The van der Waals surface area contributed by atoms with Crippen molar-refractivity contribution >= 4 is 5.69 Å². The number of benzene rings is 1. The molecule has 1 heterocycles. The molecule has 0 atom stereocenters. The molecule has 0 fully saturated rings. The van der Waals surface area contributed by atoms with Crippen molar-refractivity contribution in [1.82, 2.24) is 4.98 Å². The van der Waals surface area contributed by atoms with Crippen molar-refractivity contribution in [3.8, 4) is 11.8 Å². The van der Waals surface area contributed by atoms with E-state index in [0.717, 1.165) is 17.0 Å². The molecule has 4 heteroatoms. The molecule has 0 bridgehead atoms. The molecule has 19 heavy (non-hydrogen) atoms. The summed E-state index contributed by atoms with van der Waals surface area (Å²) in [6, 6.07) is 13.7. The minimum atomic E-state index is 0.475. The van der Waals surface area contributed by atoms with Gasteiger partial charge >= 0.3 is 0 Å². The lowest BCUT2D eigenvalue weighted by atomic mass is 10.2. The van der Waals surface area contributed by atoms with Gasteiger partial charge in [0.1, 0.15) is 17.5 Å². The van der Waals surface area contributed by atoms with Gasteiger partial charge in [-0.2, -0.15) is 5.26 Å². The van der Waals surface area contributed by atoms with E-state index < -0.39 is 0 Å². The zero-order chi connectivity index (χ0) is 13.7. The van der Waals surface area contributed by atoms with Crippen LogP contribution in [0.5, 0.6) is 5.75 Å². The van der Waals surface area contributed by atoms with E-state index in [9.17, 15) is 0 Å². The van der Waals surface area contributed by atoms with Gasteiger partial charge in [0.2, 0.25) is 0 Å². The van der Waals surface area contributed by atoms with E-state index in [1.54, 1.807) is 13.3 Å². The highest BCUT2D eigenvalue weighted by Gasteiger charge is 2.07. The Labute approximate surface area is 112 Å². The monoisotopic (exact) mass is 253 g/mol. The van der Waals surface area contributed by atoms with Gasteiger partial charge in [0, 0.05) is 31.0 Å². The second kappa shape index (κ2) is 5.87. The third kappa shape index (κ3) is 3.02. The van der Waals surface area contributed by atoms with Crippen molar-refractivity contribution in [2.45, 2.75) is 6.54 Å². The molecular weight excluding hydrogens is 238 g/mol.